The molecular weight excluding hydrogens is 188 g/mol. The molecule has 0 amide bonds. The zero-order valence-electron chi connectivity index (χ0n) is 10.8. The molecule has 3 nitrogen and oxygen atoms in total. The van der Waals surface area contributed by atoms with Crippen LogP contribution >= 0.6 is 0 Å². The van der Waals surface area contributed by atoms with E-state index in [1.165, 1.54) is 0 Å². The molecule has 0 aromatic heterocycles. The number of hydrogen-bond donors (Lipinski definition) is 1. The minimum Gasteiger partial charge on any atom is -0.379 e. The van der Waals surface area contributed by atoms with Crippen LogP contribution in [0.2, 0.25) is 0 Å². The zero-order valence-corrected chi connectivity index (χ0v) is 10.8. The van der Waals surface area contributed by atoms with Crippen LogP contribution in [0, 0.1) is 5.92 Å². The molecule has 1 fully saturated rings. The van der Waals surface area contributed by atoms with Crippen molar-refractivity contribution in [3.8, 4) is 0 Å². The van der Waals surface area contributed by atoms with Gasteiger partial charge in [0.1, 0.15) is 0 Å². The third-order valence-electron chi connectivity index (χ3n) is 3.66. The summed E-state index contributed by atoms with van der Waals surface area (Å²) in [5.74, 6) is 0.623. The minimum atomic E-state index is -0.0324. The van der Waals surface area contributed by atoms with E-state index in [9.17, 15) is 0 Å². The summed E-state index contributed by atoms with van der Waals surface area (Å²) < 4.78 is 5.46. The molecule has 0 aromatic carbocycles. The van der Waals surface area contributed by atoms with Gasteiger partial charge in [-0.2, -0.15) is 0 Å². The molecule has 0 aromatic rings. The Hall–Kier alpha value is -0.120. The second-order valence-corrected chi connectivity index (χ2v) is 5.61. The summed E-state index contributed by atoms with van der Waals surface area (Å²) in [7, 11) is 1.78. The van der Waals surface area contributed by atoms with Gasteiger partial charge in [0.25, 0.3) is 0 Å². The van der Waals surface area contributed by atoms with Gasteiger partial charge in [-0.25, -0.2) is 0 Å². The molecule has 0 saturated carbocycles. The highest BCUT2D eigenvalue weighted by Crippen LogP contribution is 2.23. The van der Waals surface area contributed by atoms with Gasteiger partial charge in [-0.15, -0.1) is 0 Å². The molecule has 0 aliphatic carbocycles. The fourth-order valence-corrected chi connectivity index (χ4v) is 2.31. The molecule has 1 saturated heterocycles. The topological polar surface area (TPSA) is 38.5 Å². The molecular formula is C12H26N2O. The van der Waals surface area contributed by atoms with Crippen LogP contribution in [0.25, 0.3) is 0 Å². The van der Waals surface area contributed by atoms with Crippen molar-refractivity contribution < 1.29 is 4.74 Å². The van der Waals surface area contributed by atoms with Gasteiger partial charge in [-0.05, 0) is 33.1 Å². The molecule has 3 unspecified atom stereocenters. The monoisotopic (exact) mass is 214 g/mol. The van der Waals surface area contributed by atoms with Crippen molar-refractivity contribution in [1.29, 1.82) is 0 Å². The van der Waals surface area contributed by atoms with Crippen LogP contribution in [0.3, 0.4) is 0 Å². The number of ether oxygens (including phenoxy) is 1. The zero-order chi connectivity index (χ0) is 11.6. The standard InChI is InChI=1S/C12H26N2O/c1-9-7-14(8-11(9)13)10(2)6-12(3,4)15-5/h9-11H,6-8,13H2,1-5H3. The van der Waals surface area contributed by atoms with Crippen molar-refractivity contribution in [2.75, 3.05) is 20.2 Å². The van der Waals surface area contributed by atoms with E-state index in [1.807, 2.05) is 0 Å². The second-order valence-electron chi connectivity index (χ2n) is 5.61. The number of methoxy groups -OCH3 is 1. The van der Waals surface area contributed by atoms with Crippen molar-refractivity contribution in [1.82, 2.24) is 4.90 Å². The summed E-state index contributed by atoms with van der Waals surface area (Å²) in [6.45, 7) is 10.9. The highest BCUT2D eigenvalue weighted by Gasteiger charge is 2.32. The molecule has 0 spiro atoms. The summed E-state index contributed by atoms with van der Waals surface area (Å²) in [6, 6.07) is 0.897. The Labute approximate surface area is 94.0 Å². The van der Waals surface area contributed by atoms with E-state index in [4.69, 9.17) is 10.5 Å². The van der Waals surface area contributed by atoms with Crippen LogP contribution in [0.5, 0.6) is 0 Å². The van der Waals surface area contributed by atoms with E-state index in [0.717, 1.165) is 19.5 Å². The first-order valence-corrected chi connectivity index (χ1v) is 5.90. The average Bonchev–Trinajstić information content (AvgIpc) is 2.47. The lowest BCUT2D eigenvalue weighted by Gasteiger charge is -2.32. The van der Waals surface area contributed by atoms with Gasteiger partial charge in [0.05, 0.1) is 5.60 Å². The molecule has 1 heterocycles. The van der Waals surface area contributed by atoms with Crippen molar-refractivity contribution >= 4 is 0 Å². The molecule has 1 aliphatic heterocycles. The Kier molecular flexibility index (Phi) is 4.15. The molecule has 3 heteroatoms. The van der Waals surface area contributed by atoms with E-state index < -0.39 is 0 Å². The quantitative estimate of drug-likeness (QED) is 0.770. The molecule has 15 heavy (non-hydrogen) atoms. The Morgan fingerprint density at radius 3 is 2.47 bits per heavy atom. The number of hydrogen-bond acceptors (Lipinski definition) is 3. The first-order valence-electron chi connectivity index (χ1n) is 5.90. The van der Waals surface area contributed by atoms with Crippen LogP contribution in [0.4, 0.5) is 0 Å². The van der Waals surface area contributed by atoms with Gasteiger partial charge >= 0.3 is 0 Å². The first-order chi connectivity index (χ1) is 6.85. The molecule has 2 N–H and O–H groups in total. The van der Waals surface area contributed by atoms with E-state index in [-0.39, 0.29) is 5.60 Å². The second kappa shape index (κ2) is 4.81. The van der Waals surface area contributed by atoms with Crippen LogP contribution in [-0.2, 0) is 4.74 Å². The third kappa shape index (κ3) is 3.44. The lowest BCUT2D eigenvalue weighted by Crippen LogP contribution is -2.39. The van der Waals surface area contributed by atoms with Crippen molar-refractivity contribution in [3.63, 3.8) is 0 Å². The van der Waals surface area contributed by atoms with E-state index >= 15 is 0 Å². The summed E-state index contributed by atoms with van der Waals surface area (Å²) in [5, 5.41) is 0. The largest absolute Gasteiger partial charge is 0.379 e. The highest BCUT2D eigenvalue weighted by molar-refractivity contribution is 4.88. The lowest BCUT2D eigenvalue weighted by atomic mass is 9.99. The van der Waals surface area contributed by atoms with Crippen LogP contribution in [0.15, 0.2) is 0 Å². The van der Waals surface area contributed by atoms with Gasteiger partial charge in [0.2, 0.25) is 0 Å². The van der Waals surface area contributed by atoms with E-state index in [1.54, 1.807) is 7.11 Å². The summed E-state index contributed by atoms with van der Waals surface area (Å²) in [6.07, 6.45) is 1.06. The van der Waals surface area contributed by atoms with E-state index in [2.05, 4.69) is 32.6 Å². The number of likely N-dealkylation sites (tertiary alicyclic amines) is 1. The average molecular weight is 214 g/mol. The Morgan fingerprint density at radius 1 is 1.47 bits per heavy atom. The number of nitrogens with two attached hydrogens (primary N) is 1. The summed E-state index contributed by atoms with van der Waals surface area (Å²) >= 11 is 0. The maximum atomic E-state index is 6.03. The molecule has 3 atom stereocenters. The smallest absolute Gasteiger partial charge is 0.0637 e. The Balaban J connectivity index is 2.45. The van der Waals surface area contributed by atoms with Gasteiger partial charge in [0.15, 0.2) is 0 Å². The van der Waals surface area contributed by atoms with Crippen LogP contribution < -0.4 is 5.73 Å². The third-order valence-corrected chi connectivity index (χ3v) is 3.66. The number of rotatable bonds is 4. The first kappa shape index (κ1) is 12.9. The van der Waals surface area contributed by atoms with Crippen molar-refractivity contribution in [3.05, 3.63) is 0 Å². The minimum absolute atomic E-state index is 0.0324. The van der Waals surface area contributed by atoms with Crippen molar-refractivity contribution in [2.45, 2.75) is 51.8 Å². The predicted molar refractivity (Wildman–Crippen MR) is 63.9 cm³/mol. The van der Waals surface area contributed by atoms with Crippen molar-refractivity contribution in [2.24, 2.45) is 11.7 Å². The lowest BCUT2D eigenvalue weighted by molar-refractivity contribution is -0.00380. The highest BCUT2D eigenvalue weighted by atomic mass is 16.5. The fraction of sp³-hybridized carbons (Fsp3) is 1.00. The molecule has 0 bridgehead atoms. The SMILES string of the molecule is COC(C)(C)CC(C)N1CC(C)C(N)C1. The normalized spacial score (nSPS) is 30.8. The Bertz CT molecular complexity index is 196. The molecule has 1 aliphatic rings. The van der Waals surface area contributed by atoms with Gasteiger partial charge in [0, 0.05) is 32.3 Å². The number of nitrogens with zero attached hydrogens (tertiary/aromatic N) is 1. The summed E-state index contributed by atoms with van der Waals surface area (Å²) in [4.78, 5) is 2.48. The molecule has 90 valence electrons. The van der Waals surface area contributed by atoms with E-state index in [0.29, 0.717) is 18.0 Å². The fourth-order valence-electron chi connectivity index (χ4n) is 2.31. The molecule has 0 radical (unpaired) electrons. The maximum absolute atomic E-state index is 6.03. The maximum Gasteiger partial charge on any atom is 0.0637 e. The van der Waals surface area contributed by atoms with Crippen LogP contribution in [0.1, 0.15) is 34.1 Å². The van der Waals surface area contributed by atoms with Gasteiger partial charge in [-0.3, -0.25) is 4.90 Å². The molecule has 1 rings (SSSR count). The van der Waals surface area contributed by atoms with Gasteiger partial charge in [-0.1, -0.05) is 6.92 Å². The Morgan fingerprint density at radius 2 is 2.07 bits per heavy atom. The van der Waals surface area contributed by atoms with Gasteiger partial charge < -0.3 is 10.5 Å². The summed E-state index contributed by atoms with van der Waals surface area (Å²) in [5.41, 5.74) is 6.00. The van der Waals surface area contributed by atoms with Crippen LogP contribution in [-0.4, -0.2) is 42.8 Å². The predicted octanol–water partition coefficient (Wildman–Crippen LogP) is 1.47.